The molecule has 0 amide bonds. The molecule has 0 spiro atoms. The summed E-state index contributed by atoms with van der Waals surface area (Å²) in [5.41, 5.74) is 7.18. The van der Waals surface area contributed by atoms with E-state index >= 15 is 0 Å². The quantitative estimate of drug-likeness (QED) is 0.634. The van der Waals surface area contributed by atoms with Crippen LogP contribution in [0.15, 0.2) is 48.7 Å². The molecule has 0 fully saturated rings. The molecule has 0 aromatic rings. The normalized spacial score (nSPS) is 14.7. The van der Waals surface area contributed by atoms with Gasteiger partial charge in [-0.25, -0.2) is 0 Å². The minimum atomic E-state index is 0.354. The molecule has 0 aliphatic rings. The van der Waals surface area contributed by atoms with Gasteiger partial charge in [-0.1, -0.05) is 38.3 Å². The fraction of sp³-hybridized carbons (Fsp3) is 0.273. The number of rotatable bonds is 4. The van der Waals surface area contributed by atoms with Crippen molar-refractivity contribution in [2.75, 3.05) is 0 Å². The van der Waals surface area contributed by atoms with Crippen molar-refractivity contribution in [3.8, 4) is 0 Å². The molecule has 0 saturated carbocycles. The van der Waals surface area contributed by atoms with Crippen molar-refractivity contribution in [2.24, 2.45) is 11.7 Å². The molecule has 0 rings (SSSR count). The minimum absolute atomic E-state index is 0.354. The Morgan fingerprint density at radius 3 is 2.42 bits per heavy atom. The van der Waals surface area contributed by atoms with E-state index in [4.69, 9.17) is 5.73 Å². The van der Waals surface area contributed by atoms with Crippen LogP contribution in [0.5, 0.6) is 0 Å². The van der Waals surface area contributed by atoms with Crippen LogP contribution in [0.1, 0.15) is 13.8 Å². The molecule has 1 atom stereocenters. The van der Waals surface area contributed by atoms with Crippen molar-refractivity contribution >= 4 is 0 Å². The second kappa shape index (κ2) is 5.42. The van der Waals surface area contributed by atoms with Crippen molar-refractivity contribution in [3.63, 3.8) is 0 Å². The van der Waals surface area contributed by atoms with Crippen LogP contribution in [0.2, 0.25) is 0 Å². The van der Waals surface area contributed by atoms with Crippen LogP contribution >= 0.6 is 0 Å². The fourth-order valence-electron chi connectivity index (χ4n) is 0.946. The summed E-state index contributed by atoms with van der Waals surface area (Å²) in [7, 11) is 0. The van der Waals surface area contributed by atoms with E-state index in [9.17, 15) is 0 Å². The van der Waals surface area contributed by atoms with E-state index in [-0.39, 0.29) is 0 Å². The molecule has 0 radical (unpaired) electrons. The van der Waals surface area contributed by atoms with Crippen LogP contribution in [0.25, 0.3) is 0 Å². The molecular weight excluding hydrogens is 146 g/mol. The predicted molar refractivity (Wildman–Crippen MR) is 55.6 cm³/mol. The van der Waals surface area contributed by atoms with E-state index in [1.165, 1.54) is 5.57 Å². The summed E-state index contributed by atoms with van der Waals surface area (Å²) in [5.74, 6) is 0.354. The molecule has 0 saturated heterocycles. The van der Waals surface area contributed by atoms with Gasteiger partial charge in [0.15, 0.2) is 0 Å². The molecule has 2 N–H and O–H groups in total. The second-order valence-electron chi connectivity index (χ2n) is 2.72. The van der Waals surface area contributed by atoms with Crippen LogP contribution in [0, 0.1) is 5.92 Å². The van der Waals surface area contributed by atoms with E-state index in [0.717, 1.165) is 0 Å². The van der Waals surface area contributed by atoms with Gasteiger partial charge >= 0.3 is 0 Å². The molecule has 1 unspecified atom stereocenters. The Hall–Kier alpha value is -1.24. The molecule has 0 aliphatic heterocycles. The highest BCUT2D eigenvalue weighted by molar-refractivity contribution is 5.24. The standard InChI is InChI=1S/C11H17N/c1-5-11(6-2)9(3)7-8-10(4)12/h5-9H,1,4,12H2,2-3H3/b8-7-,11-6+. The van der Waals surface area contributed by atoms with E-state index in [2.05, 4.69) is 20.1 Å². The summed E-state index contributed by atoms with van der Waals surface area (Å²) >= 11 is 0. The van der Waals surface area contributed by atoms with Crippen molar-refractivity contribution in [1.82, 2.24) is 0 Å². The minimum Gasteiger partial charge on any atom is -0.399 e. The zero-order chi connectivity index (χ0) is 9.56. The molecule has 12 heavy (non-hydrogen) atoms. The first-order valence-corrected chi connectivity index (χ1v) is 4.03. The summed E-state index contributed by atoms with van der Waals surface area (Å²) in [4.78, 5) is 0. The molecule has 1 nitrogen and oxygen atoms in total. The third kappa shape index (κ3) is 3.81. The number of allylic oxidation sites excluding steroid dienone is 5. The molecule has 0 aromatic carbocycles. The maximum atomic E-state index is 5.40. The van der Waals surface area contributed by atoms with Crippen LogP contribution in [-0.2, 0) is 0 Å². The second-order valence-corrected chi connectivity index (χ2v) is 2.72. The van der Waals surface area contributed by atoms with Crippen LogP contribution in [0.4, 0.5) is 0 Å². The maximum absolute atomic E-state index is 5.40. The van der Waals surface area contributed by atoms with Gasteiger partial charge in [-0.2, -0.15) is 0 Å². The van der Waals surface area contributed by atoms with Gasteiger partial charge in [0.05, 0.1) is 0 Å². The van der Waals surface area contributed by atoms with Gasteiger partial charge in [0, 0.05) is 5.70 Å². The van der Waals surface area contributed by atoms with Gasteiger partial charge in [0.2, 0.25) is 0 Å². The largest absolute Gasteiger partial charge is 0.399 e. The lowest BCUT2D eigenvalue weighted by molar-refractivity contribution is 0.887. The highest BCUT2D eigenvalue weighted by Gasteiger charge is 1.98. The van der Waals surface area contributed by atoms with E-state index in [1.807, 2.05) is 31.2 Å². The lowest BCUT2D eigenvalue weighted by Crippen LogP contribution is -1.94. The van der Waals surface area contributed by atoms with Crippen LogP contribution in [0.3, 0.4) is 0 Å². The topological polar surface area (TPSA) is 26.0 Å². The van der Waals surface area contributed by atoms with Gasteiger partial charge in [-0.05, 0) is 24.5 Å². The number of nitrogens with two attached hydrogens (primary N) is 1. The van der Waals surface area contributed by atoms with Crippen LogP contribution < -0.4 is 5.73 Å². The SMILES string of the molecule is C=C/C(=C\C)C(C)/C=C\C(=C)N. The molecule has 66 valence electrons. The molecule has 1 heteroatoms. The Bertz CT molecular complexity index is 221. The predicted octanol–water partition coefficient (Wildman–Crippen LogP) is 2.78. The summed E-state index contributed by atoms with van der Waals surface area (Å²) < 4.78 is 0. The molecule has 0 heterocycles. The fourth-order valence-corrected chi connectivity index (χ4v) is 0.946. The average molecular weight is 163 g/mol. The first-order valence-electron chi connectivity index (χ1n) is 4.03. The molecular formula is C11H17N. The van der Waals surface area contributed by atoms with Crippen molar-refractivity contribution in [1.29, 1.82) is 0 Å². The van der Waals surface area contributed by atoms with Crippen molar-refractivity contribution in [2.45, 2.75) is 13.8 Å². The zero-order valence-electron chi connectivity index (χ0n) is 7.88. The summed E-state index contributed by atoms with van der Waals surface area (Å²) in [6.45, 7) is 11.4. The van der Waals surface area contributed by atoms with E-state index in [1.54, 1.807) is 0 Å². The smallest absolute Gasteiger partial charge is 0.0237 e. The third-order valence-electron chi connectivity index (χ3n) is 1.69. The van der Waals surface area contributed by atoms with E-state index < -0.39 is 0 Å². The number of hydrogen-bond acceptors (Lipinski definition) is 1. The Kier molecular flexibility index (Phi) is 4.86. The molecule has 0 aliphatic carbocycles. The first-order chi connectivity index (χ1) is 5.61. The lowest BCUT2D eigenvalue weighted by Gasteiger charge is -2.05. The highest BCUT2D eigenvalue weighted by atomic mass is 14.5. The van der Waals surface area contributed by atoms with Gasteiger partial charge in [-0.15, -0.1) is 0 Å². The van der Waals surface area contributed by atoms with Gasteiger partial charge < -0.3 is 5.73 Å². The van der Waals surface area contributed by atoms with Crippen LogP contribution in [-0.4, -0.2) is 0 Å². The lowest BCUT2D eigenvalue weighted by atomic mass is 10.0. The highest BCUT2D eigenvalue weighted by Crippen LogP contribution is 2.12. The Labute approximate surface area is 75.0 Å². The van der Waals surface area contributed by atoms with Gasteiger partial charge in [0.25, 0.3) is 0 Å². The Morgan fingerprint density at radius 2 is 2.08 bits per heavy atom. The summed E-state index contributed by atoms with van der Waals surface area (Å²) in [6.07, 6.45) is 7.73. The van der Waals surface area contributed by atoms with Crippen molar-refractivity contribution < 1.29 is 0 Å². The Balaban J connectivity index is 4.29. The average Bonchev–Trinajstić information content (AvgIpc) is 2.03. The molecule has 0 aromatic heterocycles. The zero-order valence-corrected chi connectivity index (χ0v) is 7.88. The summed E-state index contributed by atoms with van der Waals surface area (Å²) in [6, 6.07) is 0. The maximum Gasteiger partial charge on any atom is 0.0237 e. The third-order valence-corrected chi connectivity index (χ3v) is 1.69. The van der Waals surface area contributed by atoms with Gasteiger partial charge in [0.1, 0.15) is 0 Å². The van der Waals surface area contributed by atoms with Crippen molar-refractivity contribution in [3.05, 3.63) is 48.7 Å². The Morgan fingerprint density at radius 1 is 1.50 bits per heavy atom. The molecule has 0 bridgehead atoms. The summed E-state index contributed by atoms with van der Waals surface area (Å²) in [5, 5.41) is 0. The monoisotopic (exact) mass is 163 g/mol. The first kappa shape index (κ1) is 10.8. The van der Waals surface area contributed by atoms with Gasteiger partial charge in [-0.3, -0.25) is 0 Å². The number of hydrogen-bond donors (Lipinski definition) is 1. The van der Waals surface area contributed by atoms with E-state index in [0.29, 0.717) is 11.6 Å².